The molecule has 1 aromatic heterocycles. The molecular weight excluding hydrogens is 350 g/mol. The van der Waals surface area contributed by atoms with E-state index >= 15 is 0 Å². The van der Waals surface area contributed by atoms with Gasteiger partial charge in [0.1, 0.15) is 6.26 Å². The van der Waals surface area contributed by atoms with Gasteiger partial charge in [0.2, 0.25) is 0 Å². The summed E-state index contributed by atoms with van der Waals surface area (Å²) in [5, 5.41) is 12.4. The average Bonchev–Trinajstić information content (AvgIpc) is 2.83. The van der Waals surface area contributed by atoms with E-state index in [4.69, 9.17) is 5.11 Å². The Balaban J connectivity index is 2.53. The van der Waals surface area contributed by atoms with Crippen molar-refractivity contribution < 1.29 is 22.8 Å². The molecule has 0 atom stereocenters. The molecule has 1 heterocycles. The van der Waals surface area contributed by atoms with Crippen molar-refractivity contribution in [3.8, 4) is 0 Å². The normalized spacial score (nSPS) is 11.5. The molecule has 1 N–H and O–H groups in total. The third kappa shape index (κ3) is 2.91. The van der Waals surface area contributed by atoms with Crippen molar-refractivity contribution in [2.45, 2.75) is 17.6 Å². The van der Waals surface area contributed by atoms with Gasteiger partial charge in [0.15, 0.2) is 9.84 Å². The van der Waals surface area contributed by atoms with Crippen molar-refractivity contribution >= 4 is 31.7 Å². The molecule has 0 spiro atoms. The molecule has 0 amide bonds. The second kappa shape index (κ2) is 5.37. The average molecular weight is 360 g/mol. The summed E-state index contributed by atoms with van der Waals surface area (Å²) in [6.45, 7) is 1.61. The van der Waals surface area contributed by atoms with Gasteiger partial charge >= 0.3 is 5.97 Å². The highest BCUT2D eigenvalue weighted by Crippen LogP contribution is 2.28. The SMILES string of the molecule is Cc1c(Br)cc(C(=O)O)cc1S(=O)(=O)Cc1cnoc1. The summed E-state index contributed by atoms with van der Waals surface area (Å²) in [5.74, 6) is -1.49. The van der Waals surface area contributed by atoms with Crippen LogP contribution in [0.1, 0.15) is 21.5 Å². The van der Waals surface area contributed by atoms with E-state index in [-0.39, 0.29) is 16.2 Å². The Labute approximate surface area is 123 Å². The summed E-state index contributed by atoms with van der Waals surface area (Å²) in [6, 6.07) is 2.53. The molecule has 8 heteroatoms. The molecule has 6 nitrogen and oxygen atoms in total. The number of carboxylic acid groups (broad SMARTS) is 1. The molecule has 0 aliphatic heterocycles. The first-order valence-electron chi connectivity index (χ1n) is 5.45. The Kier molecular flexibility index (Phi) is 3.96. The Hall–Kier alpha value is -1.67. The summed E-state index contributed by atoms with van der Waals surface area (Å²) < 4.78 is 29.8. The van der Waals surface area contributed by atoms with Crippen LogP contribution in [0.4, 0.5) is 0 Å². The smallest absolute Gasteiger partial charge is 0.335 e. The van der Waals surface area contributed by atoms with Gasteiger partial charge in [-0.15, -0.1) is 0 Å². The number of rotatable bonds is 4. The van der Waals surface area contributed by atoms with Crippen molar-refractivity contribution in [2.75, 3.05) is 0 Å². The zero-order valence-electron chi connectivity index (χ0n) is 10.3. The van der Waals surface area contributed by atoms with Crippen LogP contribution < -0.4 is 0 Å². The van der Waals surface area contributed by atoms with E-state index in [1.807, 2.05) is 0 Å². The third-order valence-electron chi connectivity index (χ3n) is 2.72. The summed E-state index contributed by atoms with van der Waals surface area (Å²) in [7, 11) is -3.69. The number of sulfone groups is 1. The minimum absolute atomic E-state index is 0.0227. The summed E-state index contributed by atoms with van der Waals surface area (Å²) in [6.07, 6.45) is 2.55. The number of carboxylic acids is 1. The van der Waals surface area contributed by atoms with Gasteiger partial charge in [-0.25, -0.2) is 13.2 Å². The van der Waals surface area contributed by atoms with Gasteiger partial charge in [0.25, 0.3) is 0 Å². The molecule has 0 saturated heterocycles. The molecule has 0 aliphatic carbocycles. The van der Waals surface area contributed by atoms with E-state index in [1.165, 1.54) is 18.5 Å². The monoisotopic (exact) mass is 359 g/mol. The molecule has 106 valence electrons. The van der Waals surface area contributed by atoms with Crippen LogP contribution in [0.2, 0.25) is 0 Å². The van der Waals surface area contributed by atoms with E-state index in [9.17, 15) is 13.2 Å². The second-order valence-electron chi connectivity index (χ2n) is 4.18. The Morgan fingerprint density at radius 1 is 1.45 bits per heavy atom. The van der Waals surface area contributed by atoms with Gasteiger partial charge in [-0.1, -0.05) is 21.1 Å². The molecule has 0 radical (unpaired) electrons. The molecule has 0 unspecified atom stereocenters. The quantitative estimate of drug-likeness (QED) is 0.899. The van der Waals surface area contributed by atoms with Crippen molar-refractivity contribution in [2.24, 2.45) is 0 Å². The summed E-state index contributed by atoms with van der Waals surface area (Å²) in [5.41, 5.74) is 0.777. The first-order valence-corrected chi connectivity index (χ1v) is 7.90. The highest BCUT2D eigenvalue weighted by molar-refractivity contribution is 9.10. The maximum Gasteiger partial charge on any atom is 0.335 e. The van der Waals surface area contributed by atoms with Crippen molar-refractivity contribution in [1.29, 1.82) is 0 Å². The van der Waals surface area contributed by atoms with Crippen LogP contribution in [-0.2, 0) is 15.6 Å². The van der Waals surface area contributed by atoms with Crippen LogP contribution in [0.3, 0.4) is 0 Å². The number of aromatic nitrogens is 1. The molecule has 2 rings (SSSR count). The van der Waals surface area contributed by atoms with Gasteiger partial charge in [-0.3, -0.25) is 0 Å². The number of benzene rings is 1. The van der Waals surface area contributed by atoms with Gasteiger partial charge in [0, 0.05) is 10.0 Å². The molecule has 0 bridgehead atoms. The van der Waals surface area contributed by atoms with Gasteiger partial charge in [-0.05, 0) is 24.6 Å². The van der Waals surface area contributed by atoms with E-state index in [0.717, 1.165) is 6.07 Å². The highest BCUT2D eigenvalue weighted by atomic mass is 79.9. The molecular formula is C12H10BrNO5S. The minimum Gasteiger partial charge on any atom is -0.478 e. The van der Waals surface area contributed by atoms with Gasteiger partial charge in [-0.2, -0.15) is 0 Å². The van der Waals surface area contributed by atoms with Crippen LogP contribution in [0, 0.1) is 6.92 Å². The van der Waals surface area contributed by atoms with E-state index < -0.39 is 15.8 Å². The number of nitrogens with zero attached hydrogens (tertiary/aromatic N) is 1. The zero-order valence-corrected chi connectivity index (χ0v) is 12.7. The van der Waals surface area contributed by atoms with Crippen LogP contribution in [0.25, 0.3) is 0 Å². The van der Waals surface area contributed by atoms with Gasteiger partial charge < -0.3 is 9.63 Å². The Morgan fingerprint density at radius 3 is 2.70 bits per heavy atom. The molecule has 2 aromatic rings. The lowest BCUT2D eigenvalue weighted by Gasteiger charge is -2.10. The number of hydrogen-bond acceptors (Lipinski definition) is 5. The molecule has 1 aromatic carbocycles. The van der Waals surface area contributed by atoms with Gasteiger partial charge in [0.05, 0.1) is 22.4 Å². The fraction of sp³-hybridized carbons (Fsp3) is 0.167. The molecule has 0 aliphatic rings. The molecule has 0 saturated carbocycles. The minimum atomic E-state index is -3.69. The Bertz CT molecular complexity index is 752. The van der Waals surface area contributed by atoms with E-state index in [1.54, 1.807) is 6.92 Å². The number of halogens is 1. The maximum absolute atomic E-state index is 12.4. The fourth-order valence-electron chi connectivity index (χ4n) is 1.70. The summed E-state index contributed by atoms with van der Waals surface area (Å²) >= 11 is 3.18. The topological polar surface area (TPSA) is 97.5 Å². The lowest BCUT2D eigenvalue weighted by Crippen LogP contribution is -2.09. The predicted octanol–water partition coefficient (Wildman–Crippen LogP) is 2.42. The first kappa shape index (κ1) is 14.7. The van der Waals surface area contributed by atoms with Crippen molar-refractivity contribution in [3.05, 3.63) is 45.8 Å². The zero-order chi connectivity index (χ0) is 14.9. The summed E-state index contributed by atoms with van der Waals surface area (Å²) in [4.78, 5) is 11.0. The standard InChI is InChI=1S/C12H10BrNO5S/c1-7-10(13)2-9(12(15)16)3-11(7)20(17,18)6-8-4-14-19-5-8/h2-5H,6H2,1H3,(H,15,16). The predicted molar refractivity (Wildman–Crippen MR) is 73.2 cm³/mol. The van der Waals surface area contributed by atoms with Crippen LogP contribution in [0.15, 0.2) is 38.5 Å². The van der Waals surface area contributed by atoms with Crippen LogP contribution in [0.5, 0.6) is 0 Å². The second-order valence-corrected chi connectivity index (χ2v) is 6.99. The van der Waals surface area contributed by atoms with Crippen LogP contribution >= 0.6 is 15.9 Å². The maximum atomic E-state index is 12.4. The van der Waals surface area contributed by atoms with E-state index in [0.29, 0.717) is 15.6 Å². The van der Waals surface area contributed by atoms with Crippen LogP contribution in [-0.4, -0.2) is 24.7 Å². The molecule has 20 heavy (non-hydrogen) atoms. The third-order valence-corrected chi connectivity index (χ3v) is 5.35. The number of hydrogen-bond donors (Lipinski definition) is 1. The number of carbonyl (C=O) groups is 1. The number of aromatic carboxylic acids is 1. The van der Waals surface area contributed by atoms with Crippen molar-refractivity contribution in [1.82, 2.24) is 5.16 Å². The molecule has 0 fully saturated rings. The highest BCUT2D eigenvalue weighted by Gasteiger charge is 2.22. The largest absolute Gasteiger partial charge is 0.478 e. The van der Waals surface area contributed by atoms with Crippen molar-refractivity contribution in [3.63, 3.8) is 0 Å². The lowest BCUT2D eigenvalue weighted by molar-refractivity contribution is 0.0696. The lowest BCUT2D eigenvalue weighted by atomic mass is 10.1. The van der Waals surface area contributed by atoms with E-state index in [2.05, 4.69) is 25.6 Å². The Morgan fingerprint density at radius 2 is 2.15 bits per heavy atom. The first-order chi connectivity index (χ1) is 9.31. The fourth-order valence-corrected chi connectivity index (χ4v) is 3.91.